The number of carbonyl (C=O) groups excluding carboxylic acids is 1. The van der Waals surface area contributed by atoms with E-state index in [-0.39, 0.29) is 29.2 Å². The van der Waals surface area contributed by atoms with E-state index in [1.165, 1.54) is 16.8 Å². The quantitative estimate of drug-likeness (QED) is 0.633. The largest absolute Gasteiger partial charge is 0.396 e. The van der Waals surface area contributed by atoms with Crippen LogP contribution in [-0.4, -0.2) is 37.2 Å². The molecule has 0 saturated heterocycles. The molecule has 1 saturated carbocycles. The fourth-order valence-electron chi connectivity index (χ4n) is 1.83. The zero-order valence-corrected chi connectivity index (χ0v) is 11.4. The van der Waals surface area contributed by atoms with Crippen molar-refractivity contribution in [1.82, 2.24) is 9.29 Å². The lowest BCUT2D eigenvalue weighted by molar-refractivity contribution is 0.0992. The van der Waals surface area contributed by atoms with Crippen LogP contribution in [0.3, 0.4) is 0 Å². The SMILES string of the molecule is Cn1cc(S(=O)(=O)NCC2(CO)CC2)cc1C(N)=O. The van der Waals surface area contributed by atoms with Gasteiger partial charge in [0.25, 0.3) is 5.91 Å². The Bertz CT molecular complexity index is 601. The molecule has 0 aromatic carbocycles. The molecule has 19 heavy (non-hydrogen) atoms. The Balaban J connectivity index is 2.15. The van der Waals surface area contributed by atoms with E-state index in [9.17, 15) is 13.2 Å². The number of aromatic nitrogens is 1. The molecule has 1 heterocycles. The lowest BCUT2D eigenvalue weighted by Crippen LogP contribution is -2.31. The highest BCUT2D eigenvalue weighted by atomic mass is 32.2. The monoisotopic (exact) mass is 287 g/mol. The minimum atomic E-state index is -3.69. The lowest BCUT2D eigenvalue weighted by Gasteiger charge is -2.12. The molecule has 0 bridgehead atoms. The third-order valence-corrected chi connectivity index (χ3v) is 4.84. The minimum absolute atomic E-state index is 0.00228. The molecule has 0 unspecified atom stereocenters. The van der Waals surface area contributed by atoms with Crippen molar-refractivity contribution in [3.8, 4) is 0 Å². The first-order valence-electron chi connectivity index (χ1n) is 5.86. The van der Waals surface area contributed by atoms with Gasteiger partial charge in [-0.3, -0.25) is 4.79 Å². The van der Waals surface area contributed by atoms with Crippen molar-refractivity contribution in [3.05, 3.63) is 18.0 Å². The van der Waals surface area contributed by atoms with Crippen molar-refractivity contribution >= 4 is 15.9 Å². The Morgan fingerprint density at radius 2 is 2.21 bits per heavy atom. The number of hydrogen-bond acceptors (Lipinski definition) is 4. The molecule has 2 rings (SSSR count). The van der Waals surface area contributed by atoms with Crippen molar-refractivity contribution < 1.29 is 18.3 Å². The van der Waals surface area contributed by atoms with E-state index in [0.717, 1.165) is 12.8 Å². The van der Waals surface area contributed by atoms with Crippen molar-refractivity contribution in [2.75, 3.05) is 13.2 Å². The van der Waals surface area contributed by atoms with Gasteiger partial charge in [0.1, 0.15) is 10.6 Å². The van der Waals surface area contributed by atoms with E-state index in [2.05, 4.69) is 4.72 Å². The highest BCUT2D eigenvalue weighted by Gasteiger charge is 2.42. The summed E-state index contributed by atoms with van der Waals surface area (Å²) in [5.74, 6) is -0.682. The smallest absolute Gasteiger partial charge is 0.265 e. The van der Waals surface area contributed by atoms with Crippen LogP contribution in [-0.2, 0) is 17.1 Å². The molecule has 1 amide bonds. The molecule has 0 aliphatic heterocycles. The molecule has 1 aliphatic rings. The Morgan fingerprint density at radius 3 is 2.63 bits per heavy atom. The third kappa shape index (κ3) is 2.80. The van der Waals surface area contributed by atoms with Crippen molar-refractivity contribution in [2.24, 2.45) is 18.2 Å². The lowest BCUT2D eigenvalue weighted by atomic mass is 10.1. The Kier molecular flexibility index (Phi) is 3.41. The van der Waals surface area contributed by atoms with Gasteiger partial charge in [0.15, 0.2) is 0 Å². The van der Waals surface area contributed by atoms with Crippen molar-refractivity contribution in [3.63, 3.8) is 0 Å². The molecule has 4 N–H and O–H groups in total. The molecule has 1 aromatic heterocycles. The first-order chi connectivity index (χ1) is 8.80. The van der Waals surface area contributed by atoms with Crippen LogP contribution in [0.25, 0.3) is 0 Å². The molecule has 0 atom stereocenters. The normalized spacial score (nSPS) is 17.4. The van der Waals surface area contributed by atoms with Crippen molar-refractivity contribution in [2.45, 2.75) is 17.7 Å². The van der Waals surface area contributed by atoms with E-state index >= 15 is 0 Å². The number of aliphatic hydroxyl groups excluding tert-OH is 1. The topological polar surface area (TPSA) is 114 Å². The maximum absolute atomic E-state index is 12.1. The van der Waals surface area contributed by atoms with Gasteiger partial charge >= 0.3 is 0 Å². The second-order valence-electron chi connectivity index (χ2n) is 5.02. The molecule has 106 valence electrons. The average molecular weight is 287 g/mol. The molecule has 0 radical (unpaired) electrons. The predicted octanol–water partition coefficient (Wildman–Crippen LogP) is -0.825. The standard InChI is InChI=1S/C11H17N3O4S/c1-14-5-8(4-9(14)10(12)16)19(17,18)13-6-11(7-15)2-3-11/h4-5,13,15H,2-3,6-7H2,1H3,(H2,12,16). The molecule has 1 aliphatic carbocycles. The summed E-state index contributed by atoms with van der Waals surface area (Å²) in [6, 6.07) is 1.24. The summed E-state index contributed by atoms with van der Waals surface area (Å²) in [7, 11) is -2.14. The van der Waals surface area contributed by atoms with Gasteiger partial charge < -0.3 is 15.4 Å². The summed E-state index contributed by atoms with van der Waals surface area (Å²) >= 11 is 0. The maximum atomic E-state index is 12.1. The number of nitrogens with one attached hydrogen (secondary N) is 1. The van der Waals surface area contributed by atoms with Gasteiger partial charge in [-0.15, -0.1) is 0 Å². The van der Waals surface area contributed by atoms with E-state index in [1.807, 2.05) is 0 Å². The zero-order valence-electron chi connectivity index (χ0n) is 10.6. The molecule has 1 fully saturated rings. The number of hydrogen-bond donors (Lipinski definition) is 3. The van der Waals surface area contributed by atoms with Crippen LogP contribution in [0.5, 0.6) is 0 Å². The summed E-state index contributed by atoms with van der Waals surface area (Å²) in [6.45, 7) is 0.170. The summed E-state index contributed by atoms with van der Waals surface area (Å²) in [5.41, 5.74) is 4.96. The van der Waals surface area contributed by atoms with Crippen LogP contribution >= 0.6 is 0 Å². The Hall–Kier alpha value is -1.38. The van der Waals surface area contributed by atoms with Gasteiger partial charge in [0.2, 0.25) is 10.0 Å². The first-order valence-corrected chi connectivity index (χ1v) is 7.35. The number of primary amides is 1. The van der Waals surface area contributed by atoms with Gasteiger partial charge in [0, 0.05) is 31.8 Å². The van der Waals surface area contributed by atoms with Gasteiger partial charge in [-0.2, -0.15) is 0 Å². The average Bonchev–Trinajstić information content (AvgIpc) is 3.02. The molecule has 1 aromatic rings. The Labute approximate surface area is 111 Å². The molecule has 8 heteroatoms. The molecule has 7 nitrogen and oxygen atoms in total. The third-order valence-electron chi connectivity index (χ3n) is 3.47. The minimum Gasteiger partial charge on any atom is -0.396 e. The van der Waals surface area contributed by atoms with Crippen LogP contribution in [0.15, 0.2) is 17.2 Å². The van der Waals surface area contributed by atoms with Crippen LogP contribution in [0.4, 0.5) is 0 Å². The number of amides is 1. The van der Waals surface area contributed by atoms with Gasteiger partial charge in [-0.05, 0) is 18.9 Å². The van der Waals surface area contributed by atoms with Crippen LogP contribution < -0.4 is 10.5 Å². The number of aliphatic hydroxyl groups is 1. The number of carbonyl (C=O) groups is 1. The van der Waals surface area contributed by atoms with Crippen LogP contribution in [0.1, 0.15) is 23.3 Å². The summed E-state index contributed by atoms with van der Waals surface area (Å²) in [6.07, 6.45) is 2.96. The van der Waals surface area contributed by atoms with Gasteiger partial charge in [-0.25, -0.2) is 13.1 Å². The van der Waals surface area contributed by atoms with E-state index in [4.69, 9.17) is 10.8 Å². The van der Waals surface area contributed by atoms with E-state index in [1.54, 1.807) is 7.05 Å². The fraction of sp³-hybridized carbons (Fsp3) is 0.545. The number of aryl methyl sites for hydroxylation is 1. The van der Waals surface area contributed by atoms with Crippen molar-refractivity contribution in [1.29, 1.82) is 0 Å². The summed E-state index contributed by atoms with van der Waals surface area (Å²) < 4.78 is 27.9. The van der Waals surface area contributed by atoms with Crippen LogP contribution in [0.2, 0.25) is 0 Å². The number of rotatable bonds is 6. The molecule has 0 spiro atoms. The highest BCUT2D eigenvalue weighted by Crippen LogP contribution is 2.44. The van der Waals surface area contributed by atoms with Crippen LogP contribution in [0, 0.1) is 5.41 Å². The molecular weight excluding hydrogens is 270 g/mol. The second-order valence-corrected chi connectivity index (χ2v) is 6.79. The number of nitrogens with zero attached hydrogens (tertiary/aromatic N) is 1. The van der Waals surface area contributed by atoms with E-state index < -0.39 is 15.9 Å². The fourth-order valence-corrected chi connectivity index (χ4v) is 3.05. The highest BCUT2D eigenvalue weighted by molar-refractivity contribution is 7.89. The predicted molar refractivity (Wildman–Crippen MR) is 67.9 cm³/mol. The molecular formula is C11H17N3O4S. The number of nitrogens with two attached hydrogens (primary N) is 1. The van der Waals surface area contributed by atoms with Gasteiger partial charge in [0.05, 0.1) is 0 Å². The zero-order chi connectivity index (χ0) is 14.3. The second kappa shape index (κ2) is 4.62. The maximum Gasteiger partial charge on any atom is 0.265 e. The Morgan fingerprint density at radius 1 is 1.58 bits per heavy atom. The van der Waals surface area contributed by atoms with E-state index in [0.29, 0.717) is 0 Å². The number of sulfonamides is 1. The van der Waals surface area contributed by atoms with Gasteiger partial charge in [-0.1, -0.05) is 0 Å². The summed E-state index contributed by atoms with van der Waals surface area (Å²) in [5, 5.41) is 9.14. The first kappa shape index (κ1) is 14.0. The summed E-state index contributed by atoms with van der Waals surface area (Å²) in [4.78, 5) is 11.1.